The smallest absolute Gasteiger partial charge is 0.319 e. The monoisotopic (exact) mass is 393 g/mol. The Morgan fingerprint density at radius 3 is 2.47 bits per heavy atom. The summed E-state index contributed by atoms with van der Waals surface area (Å²) >= 11 is 8.02. The molecule has 0 bridgehead atoms. The number of alkyl halides is 1. The third-order valence-corrected chi connectivity index (χ3v) is 4.16. The highest BCUT2D eigenvalue weighted by molar-refractivity contribution is 14.1. The summed E-state index contributed by atoms with van der Waals surface area (Å²) < 4.78 is 5.69. The molecule has 5 heteroatoms. The van der Waals surface area contributed by atoms with Crippen molar-refractivity contribution >= 4 is 40.2 Å². The van der Waals surface area contributed by atoms with Gasteiger partial charge in [0.1, 0.15) is 9.53 Å². The summed E-state index contributed by atoms with van der Waals surface area (Å²) in [4.78, 5) is 12.0. The summed E-state index contributed by atoms with van der Waals surface area (Å²) in [5.74, 6) is -0.155. The second-order valence-electron chi connectivity index (χ2n) is 4.79. The van der Waals surface area contributed by atoms with Crippen molar-refractivity contribution < 1.29 is 9.53 Å². The highest BCUT2D eigenvalue weighted by Crippen LogP contribution is 2.36. The van der Waals surface area contributed by atoms with Gasteiger partial charge in [0.15, 0.2) is 0 Å². The number of rotatable bonds is 3. The van der Waals surface area contributed by atoms with E-state index in [1.54, 1.807) is 0 Å². The van der Waals surface area contributed by atoms with Crippen LogP contribution in [0.5, 0.6) is 0 Å². The zero-order chi connectivity index (χ0) is 13.9. The Bertz CT molecular complexity index is 441. The lowest BCUT2D eigenvalue weighted by molar-refractivity contribution is -0.162. The van der Waals surface area contributed by atoms with Crippen molar-refractivity contribution in [3.05, 3.63) is 34.9 Å². The fourth-order valence-electron chi connectivity index (χ4n) is 2.31. The van der Waals surface area contributed by atoms with Crippen LogP contribution in [0, 0.1) is 0 Å². The van der Waals surface area contributed by atoms with Crippen molar-refractivity contribution in [1.29, 1.82) is 0 Å². The highest BCUT2D eigenvalue weighted by atomic mass is 127. The fourth-order valence-corrected chi connectivity index (χ4v) is 2.56. The predicted molar refractivity (Wildman–Crippen MR) is 84.8 cm³/mol. The third-order valence-electron chi connectivity index (χ3n) is 3.40. The van der Waals surface area contributed by atoms with E-state index in [2.05, 4.69) is 27.9 Å². The molecule has 1 aromatic carbocycles. The lowest BCUT2D eigenvalue weighted by Crippen LogP contribution is -2.44. The van der Waals surface area contributed by atoms with Gasteiger partial charge in [-0.25, -0.2) is 0 Å². The van der Waals surface area contributed by atoms with Crippen LogP contribution in [0.4, 0.5) is 0 Å². The Morgan fingerprint density at radius 2 is 1.95 bits per heavy atom. The molecule has 1 aliphatic heterocycles. The van der Waals surface area contributed by atoms with Gasteiger partial charge in [0.25, 0.3) is 0 Å². The predicted octanol–water partition coefficient (Wildman–Crippen LogP) is 3.29. The lowest BCUT2D eigenvalue weighted by atomic mass is 9.84. The second-order valence-corrected chi connectivity index (χ2v) is 7.09. The van der Waals surface area contributed by atoms with Crippen LogP contribution in [-0.4, -0.2) is 23.0 Å². The van der Waals surface area contributed by atoms with Crippen molar-refractivity contribution in [3.8, 4) is 0 Å². The topological polar surface area (TPSA) is 38.3 Å². The summed E-state index contributed by atoms with van der Waals surface area (Å²) in [6, 6.07) is 7.61. The highest BCUT2D eigenvalue weighted by Gasteiger charge is 2.38. The molecule has 0 aliphatic carbocycles. The van der Waals surface area contributed by atoms with E-state index in [4.69, 9.17) is 16.3 Å². The number of hydrogen-bond acceptors (Lipinski definition) is 3. The van der Waals surface area contributed by atoms with E-state index in [1.165, 1.54) is 0 Å². The Morgan fingerprint density at radius 1 is 1.37 bits per heavy atom. The zero-order valence-electron chi connectivity index (χ0n) is 10.8. The largest absolute Gasteiger partial charge is 0.453 e. The number of esters is 1. The number of carbonyl (C=O) groups excluding carboxylic acids is 1. The number of halogens is 2. The van der Waals surface area contributed by atoms with Crippen LogP contribution < -0.4 is 5.32 Å². The van der Waals surface area contributed by atoms with E-state index in [0.29, 0.717) is 5.02 Å². The molecule has 1 saturated heterocycles. The minimum absolute atomic E-state index is 0.142. The Balaban J connectivity index is 2.28. The van der Waals surface area contributed by atoms with Gasteiger partial charge in [0.2, 0.25) is 0 Å². The molecule has 104 valence electrons. The molecule has 1 aliphatic rings. The van der Waals surface area contributed by atoms with E-state index in [0.717, 1.165) is 31.5 Å². The van der Waals surface area contributed by atoms with Crippen LogP contribution >= 0.6 is 34.2 Å². The van der Waals surface area contributed by atoms with Gasteiger partial charge >= 0.3 is 5.97 Å². The molecule has 0 spiro atoms. The average molecular weight is 394 g/mol. The first-order valence-electron chi connectivity index (χ1n) is 6.37. The Labute approximate surface area is 132 Å². The van der Waals surface area contributed by atoms with Gasteiger partial charge < -0.3 is 10.1 Å². The van der Waals surface area contributed by atoms with Crippen LogP contribution in [0.2, 0.25) is 5.02 Å². The van der Waals surface area contributed by atoms with E-state index >= 15 is 0 Å². The molecule has 0 aromatic heterocycles. The van der Waals surface area contributed by atoms with Gasteiger partial charge in [0, 0.05) is 17.9 Å². The first-order chi connectivity index (χ1) is 9.03. The summed E-state index contributed by atoms with van der Waals surface area (Å²) in [6.07, 6.45) is 1.59. The van der Waals surface area contributed by atoms with E-state index < -0.39 is 5.60 Å². The normalized spacial score (nSPS) is 19.7. The molecule has 1 N–H and O–H groups in total. The van der Waals surface area contributed by atoms with Crippen LogP contribution in [-0.2, 0) is 15.1 Å². The molecule has 1 heterocycles. The van der Waals surface area contributed by atoms with Gasteiger partial charge in [-0.3, -0.25) is 4.79 Å². The van der Waals surface area contributed by atoms with E-state index in [1.807, 2.05) is 31.2 Å². The van der Waals surface area contributed by atoms with Crippen molar-refractivity contribution in [1.82, 2.24) is 5.32 Å². The number of hydrogen-bond donors (Lipinski definition) is 1. The Kier molecular flexibility index (Phi) is 5.09. The number of nitrogens with one attached hydrogen (secondary N) is 1. The zero-order valence-corrected chi connectivity index (χ0v) is 13.7. The standard InChI is InChI=1S/C14H17ClINO2/c1-10(16)13(18)19-14(6-8-17-9-7-14)11-2-4-12(15)5-3-11/h2-5,10,17H,6-9H2,1H3. The van der Waals surface area contributed by atoms with Gasteiger partial charge in [-0.2, -0.15) is 0 Å². The molecular formula is C14H17ClINO2. The summed E-state index contributed by atoms with van der Waals surface area (Å²) in [6.45, 7) is 3.55. The van der Waals surface area contributed by atoms with Crippen molar-refractivity contribution in [3.63, 3.8) is 0 Å². The van der Waals surface area contributed by atoms with Gasteiger partial charge in [-0.1, -0.05) is 46.3 Å². The van der Waals surface area contributed by atoms with Crippen molar-refractivity contribution in [2.45, 2.75) is 29.3 Å². The van der Waals surface area contributed by atoms with Crippen LogP contribution in [0.25, 0.3) is 0 Å². The number of ether oxygens (including phenoxy) is 1. The number of piperidine rings is 1. The molecule has 0 amide bonds. The molecule has 2 rings (SSSR count). The van der Waals surface area contributed by atoms with Crippen LogP contribution in [0.3, 0.4) is 0 Å². The van der Waals surface area contributed by atoms with Gasteiger partial charge in [-0.15, -0.1) is 0 Å². The van der Waals surface area contributed by atoms with Gasteiger partial charge in [0.05, 0.1) is 0 Å². The molecule has 1 atom stereocenters. The maximum atomic E-state index is 12.0. The van der Waals surface area contributed by atoms with Gasteiger partial charge in [-0.05, 0) is 37.7 Å². The minimum atomic E-state index is -0.508. The average Bonchev–Trinajstić information content (AvgIpc) is 2.40. The first-order valence-corrected chi connectivity index (χ1v) is 7.99. The van der Waals surface area contributed by atoms with Crippen LogP contribution in [0.15, 0.2) is 24.3 Å². The molecule has 0 radical (unpaired) electrons. The lowest BCUT2D eigenvalue weighted by Gasteiger charge is -2.38. The van der Waals surface area contributed by atoms with Crippen molar-refractivity contribution in [2.24, 2.45) is 0 Å². The summed E-state index contributed by atoms with van der Waals surface area (Å²) in [5, 5.41) is 4.00. The molecule has 19 heavy (non-hydrogen) atoms. The summed E-state index contributed by atoms with van der Waals surface area (Å²) in [7, 11) is 0. The molecule has 1 aromatic rings. The molecular weight excluding hydrogens is 377 g/mol. The summed E-state index contributed by atoms with van der Waals surface area (Å²) in [5.41, 5.74) is 0.524. The molecule has 1 unspecified atom stereocenters. The van der Waals surface area contributed by atoms with E-state index in [-0.39, 0.29) is 9.89 Å². The number of carbonyl (C=O) groups is 1. The van der Waals surface area contributed by atoms with E-state index in [9.17, 15) is 4.79 Å². The minimum Gasteiger partial charge on any atom is -0.453 e. The van der Waals surface area contributed by atoms with Crippen molar-refractivity contribution in [2.75, 3.05) is 13.1 Å². The van der Waals surface area contributed by atoms with Crippen LogP contribution in [0.1, 0.15) is 25.3 Å². The maximum absolute atomic E-state index is 12.0. The first kappa shape index (κ1) is 15.1. The molecule has 0 saturated carbocycles. The fraction of sp³-hybridized carbons (Fsp3) is 0.500. The third kappa shape index (κ3) is 3.61. The SMILES string of the molecule is CC(I)C(=O)OC1(c2ccc(Cl)cc2)CCNCC1. The maximum Gasteiger partial charge on any atom is 0.319 e. The number of benzene rings is 1. The molecule has 3 nitrogen and oxygen atoms in total. The Hall–Kier alpha value is -0.330. The molecule has 1 fully saturated rings. The second kappa shape index (κ2) is 6.41. The quantitative estimate of drug-likeness (QED) is 0.486.